The van der Waals surface area contributed by atoms with E-state index >= 15 is 0 Å². The molecule has 0 aromatic heterocycles. The van der Waals surface area contributed by atoms with Crippen molar-refractivity contribution >= 4 is 5.91 Å². The van der Waals surface area contributed by atoms with Crippen molar-refractivity contribution in [1.29, 1.82) is 0 Å². The number of carbonyl (C=O) groups excluding carboxylic acids is 1. The van der Waals surface area contributed by atoms with Crippen LogP contribution in [0.25, 0.3) is 0 Å². The number of unbranched alkanes of at least 4 members (excludes halogenated alkanes) is 7. The lowest BCUT2D eigenvalue weighted by Crippen LogP contribution is -2.60. The van der Waals surface area contributed by atoms with Crippen LogP contribution in [0, 0.1) is 0 Å². The molecule has 0 saturated carbocycles. The molecule has 0 aliphatic carbocycles. The van der Waals surface area contributed by atoms with E-state index in [1.165, 1.54) is 19.3 Å². The van der Waals surface area contributed by atoms with Gasteiger partial charge in [0, 0.05) is 0 Å². The van der Waals surface area contributed by atoms with Crippen molar-refractivity contribution in [3.8, 4) is 0 Å². The van der Waals surface area contributed by atoms with Gasteiger partial charge in [-0.3, -0.25) is 4.79 Å². The topological polar surface area (TPSA) is 189 Å². The Bertz CT molecular complexity index is 836. The highest BCUT2D eigenvalue weighted by Gasteiger charge is 2.44. The van der Waals surface area contributed by atoms with Gasteiger partial charge in [-0.2, -0.15) is 0 Å². The lowest BCUT2D eigenvalue weighted by atomic mass is 9.99. The molecule has 0 aromatic rings. The molecule has 1 amide bonds. The second kappa shape index (κ2) is 25.4. The highest BCUT2D eigenvalue weighted by molar-refractivity contribution is 5.80. The van der Waals surface area contributed by atoms with Crippen LogP contribution in [0.3, 0.4) is 0 Å². The maximum Gasteiger partial charge on any atom is 0.249 e. The quantitative estimate of drug-likeness (QED) is 0.0542. The van der Waals surface area contributed by atoms with E-state index in [0.29, 0.717) is 19.3 Å². The van der Waals surface area contributed by atoms with Gasteiger partial charge in [-0.25, -0.2) is 0 Å². The Morgan fingerprint density at radius 2 is 1.38 bits per heavy atom. The lowest BCUT2D eigenvalue weighted by Gasteiger charge is -2.40. The van der Waals surface area contributed by atoms with Gasteiger partial charge < -0.3 is 50.5 Å². The van der Waals surface area contributed by atoms with Gasteiger partial charge in [0.05, 0.1) is 25.4 Å². The predicted molar refractivity (Wildman–Crippen MR) is 173 cm³/mol. The van der Waals surface area contributed by atoms with E-state index in [1.54, 1.807) is 0 Å². The summed E-state index contributed by atoms with van der Waals surface area (Å²) in [6, 6.07) is -1.20. The number of rotatable bonds is 25. The second-order valence-electron chi connectivity index (χ2n) is 11.9. The molecule has 0 radical (unpaired) electrons. The Morgan fingerprint density at radius 1 is 0.756 bits per heavy atom. The van der Waals surface area contributed by atoms with Gasteiger partial charge in [0.1, 0.15) is 36.6 Å². The molecule has 1 heterocycles. The molecule has 9 unspecified atom stereocenters. The number of nitrogens with one attached hydrogen (secondary N) is 1. The first-order valence-electron chi connectivity index (χ1n) is 16.9. The molecule has 11 heteroatoms. The summed E-state index contributed by atoms with van der Waals surface area (Å²) >= 11 is 0. The molecule has 1 fully saturated rings. The summed E-state index contributed by atoms with van der Waals surface area (Å²) in [4.78, 5) is 12.8. The van der Waals surface area contributed by atoms with Crippen molar-refractivity contribution in [1.82, 2.24) is 5.32 Å². The molecular formula is C34H61NO10. The van der Waals surface area contributed by atoms with Crippen LogP contribution in [0.2, 0.25) is 0 Å². The molecule has 8 N–H and O–H groups in total. The average Bonchev–Trinajstić information content (AvgIpc) is 3.04. The fourth-order valence-corrected chi connectivity index (χ4v) is 4.93. The Kier molecular flexibility index (Phi) is 23.4. The number of aliphatic hydroxyl groups is 7. The van der Waals surface area contributed by atoms with E-state index in [4.69, 9.17) is 9.47 Å². The fraction of sp³-hybridized carbons (Fsp3) is 0.794. The molecule has 262 valence electrons. The molecule has 45 heavy (non-hydrogen) atoms. The summed E-state index contributed by atoms with van der Waals surface area (Å²) < 4.78 is 10.9. The highest BCUT2D eigenvalue weighted by Crippen LogP contribution is 2.22. The van der Waals surface area contributed by atoms with Crippen molar-refractivity contribution in [2.45, 2.75) is 159 Å². The van der Waals surface area contributed by atoms with Crippen molar-refractivity contribution in [3.63, 3.8) is 0 Å². The van der Waals surface area contributed by atoms with Crippen molar-refractivity contribution in [2.24, 2.45) is 0 Å². The first-order valence-corrected chi connectivity index (χ1v) is 16.9. The summed E-state index contributed by atoms with van der Waals surface area (Å²) in [7, 11) is 0. The maximum absolute atomic E-state index is 12.8. The molecule has 11 nitrogen and oxygen atoms in total. The molecule has 1 saturated heterocycles. The molecule has 1 aliphatic heterocycles. The first kappa shape index (κ1) is 41.4. The summed E-state index contributed by atoms with van der Waals surface area (Å²) in [5.41, 5.74) is 0. The summed E-state index contributed by atoms with van der Waals surface area (Å²) in [6.45, 7) is 3.19. The minimum atomic E-state index is -1.67. The summed E-state index contributed by atoms with van der Waals surface area (Å²) in [5.74, 6) is -0.754. The minimum absolute atomic E-state index is 0.164. The van der Waals surface area contributed by atoms with Crippen LogP contribution in [0.1, 0.15) is 104 Å². The first-order chi connectivity index (χ1) is 21.7. The zero-order valence-electron chi connectivity index (χ0n) is 27.3. The van der Waals surface area contributed by atoms with Gasteiger partial charge in [0.25, 0.3) is 0 Å². The molecule has 0 aromatic carbocycles. The average molecular weight is 644 g/mol. The highest BCUT2D eigenvalue weighted by atomic mass is 16.7. The third-order valence-electron chi connectivity index (χ3n) is 7.88. The van der Waals surface area contributed by atoms with Gasteiger partial charge in [-0.15, -0.1) is 0 Å². The number of hydrogen-bond acceptors (Lipinski definition) is 10. The Hall–Kier alpha value is -1.67. The molecule has 0 bridgehead atoms. The van der Waals surface area contributed by atoms with Crippen LogP contribution >= 0.6 is 0 Å². The fourth-order valence-electron chi connectivity index (χ4n) is 4.93. The van der Waals surface area contributed by atoms with Crippen LogP contribution < -0.4 is 5.32 Å². The summed E-state index contributed by atoms with van der Waals surface area (Å²) in [5, 5.41) is 74.6. The Balaban J connectivity index is 2.72. The van der Waals surface area contributed by atoms with Crippen LogP contribution in [-0.2, 0) is 14.3 Å². The molecular weight excluding hydrogens is 582 g/mol. The van der Waals surface area contributed by atoms with Crippen molar-refractivity contribution < 1.29 is 50.0 Å². The SMILES string of the molecule is CCC/C=C/CC/C=C/CCCC(O)C(O)C(COC1OC(CO)C(O)C(O)C1O)NC(=O)C(O)CC/C=C\CCCCCC. The van der Waals surface area contributed by atoms with Crippen molar-refractivity contribution in [3.05, 3.63) is 36.5 Å². The minimum Gasteiger partial charge on any atom is -0.394 e. The largest absolute Gasteiger partial charge is 0.394 e. The number of amides is 1. The monoisotopic (exact) mass is 643 g/mol. The van der Waals surface area contributed by atoms with Crippen LogP contribution in [0.4, 0.5) is 0 Å². The zero-order chi connectivity index (χ0) is 33.5. The molecule has 1 aliphatic rings. The lowest BCUT2D eigenvalue weighted by molar-refractivity contribution is -0.303. The van der Waals surface area contributed by atoms with Gasteiger partial charge in [-0.1, -0.05) is 76.0 Å². The third kappa shape index (κ3) is 17.2. The molecule has 9 atom stereocenters. The van der Waals surface area contributed by atoms with E-state index < -0.39 is 74.2 Å². The predicted octanol–water partition coefficient (Wildman–Crippen LogP) is 2.54. The van der Waals surface area contributed by atoms with Crippen LogP contribution in [0.15, 0.2) is 36.5 Å². The normalized spacial score (nSPS) is 25.2. The van der Waals surface area contributed by atoms with E-state index in [-0.39, 0.29) is 12.8 Å². The Labute approximate surface area is 269 Å². The number of hydrogen-bond donors (Lipinski definition) is 8. The van der Waals surface area contributed by atoms with Gasteiger partial charge in [0.2, 0.25) is 5.91 Å². The van der Waals surface area contributed by atoms with Gasteiger partial charge in [-0.05, 0) is 64.2 Å². The summed E-state index contributed by atoms with van der Waals surface area (Å²) in [6.07, 6.45) is 12.6. The smallest absolute Gasteiger partial charge is 0.249 e. The van der Waals surface area contributed by atoms with Gasteiger partial charge in [0.15, 0.2) is 6.29 Å². The molecule has 1 rings (SSSR count). The number of allylic oxidation sites excluding steroid dienone is 6. The van der Waals surface area contributed by atoms with Crippen LogP contribution in [-0.4, -0.2) is 110 Å². The van der Waals surface area contributed by atoms with E-state index in [1.807, 2.05) is 18.2 Å². The number of ether oxygens (including phenoxy) is 2. The Morgan fingerprint density at radius 3 is 2.02 bits per heavy atom. The molecule has 0 spiro atoms. The van der Waals surface area contributed by atoms with Crippen LogP contribution in [0.5, 0.6) is 0 Å². The maximum atomic E-state index is 12.8. The number of aliphatic hydroxyl groups excluding tert-OH is 7. The van der Waals surface area contributed by atoms with Gasteiger partial charge >= 0.3 is 0 Å². The van der Waals surface area contributed by atoms with E-state index in [9.17, 15) is 40.5 Å². The van der Waals surface area contributed by atoms with E-state index in [0.717, 1.165) is 38.5 Å². The standard InChI is InChI=1S/C34H61NO10/c1-3-5-7-9-11-13-14-16-17-19-21-26(37)29(39)25(24-44-34-32(42)31(41)30(40)28(23-36)45-34)35-33(43)27(38)22-20-18-15-12-10-8-6-4-2/h7,9,14-16,18,25-32,34,36-42H,3-6,8,10-13,17,19-24H2,1-2H3,(H,35,43)/b9-7+,16-14+,18-15-. The number of carbonyl (C=O) groups is 1. The van der Waals surface area contributed by atoms with Crippen molar-refractivity contribution in [2.75, 3.05) is 13.2 Å². The second-order valence-corrected chi connectivity index (χ2v) is 11.9. The van der Waals surface area contributed by atoms with E-state index in [2.05, 4.69) is 37.4 Å². The third-order valence-corrected chi connectivity index (χ3v) is 7.88. The zero-order valence-corrected chi connectivity index (χ0v) is 27.3.